The van der Waals surface area contributed by atoms with Crippen LogP contribution in [0.5, 0.6) is 0 Å². The molecule has 0 aliphatic carbocycles. The maximum Gasteiger partial charge on any atom is 0.0401 e. The largest absolute Gasteiger partial charge is 0.384 e. The second-order valence-corrected chi connectivity index (χ2v) is 6.20. The van der Waals surface area contributed by atoms with E-state index in [1.54, 1.807) is 0 Å². The number of rotatable bonds is 3. The SMILES string of the molecule is Cc1cnccc1NCC1CSCCS1. The first-order valence-electron chi connectivity index (χ1n) is 5.20. The van der Waals surface area contributed by atoms with Crippen LogP contribution in [0.15, 0.2) is 18.5 Å². The third-order valence-electron chi connectivity index (χ3n) is 2.43. The average molecular weight is 240 g/mol. The van der Waals surface area contributed by atoms with E-state index in [0.717, 1.165) is 11.8 Å². The first-order valence-corrected chi connectivity index (χ1v) is 7.40. The summed E-state index contributed by atoms with van der Waals surface area (Å²) in [7, 11) is 0. The molecule has 1 atom stereocenters. The molecule has 0 amide bonds. The first-order chi connectivity index (χ1) is 7.36. The fraction of sp³-hybridized carbons (Fsp3) is 0.545. The van der Waals surface area contributed by atoms with Crippen molar-refractivity contribution >= 4 is 29.2 Å². The number of thioether (sulfide) groups is 2. The molecule has 0 radical (unpaired) electrons. The molecule has 1 saturated heterocycles. The van der Waals surface area contributed by atoms with E-state index in [4.69, 9.17) is 0 Å². The van der Waals surface area contributed by atoms with E-state index in [2.05, 4.69) is 46.8 Å². The van der Waals surface area contributed by atoms with Gasteiger partial charge in [0.2, 0.25) is 0 Å². The molecule has 4 heteroatoms. The Balaban J connectivity index is 1.84. The second kappa shape index (κ2) is 5.66. The van der Waals surface area contributed by atoms with Crippen molar-refractivity contribution in [3.05, 3.63) is 24.0 Å². The summed E-state index contributed by atoms with van der Waals surface area (Å²) >= 11 is 4.16. The van der Waals surface area contributed by atoms with Crippen LogP contribution in [0, 0.1) is 6.92 Å². The standard InChI is InChI=1S/C11H16N2S2/c1-9-6-12-3-2-11(9)13-7-10-8-14-4-5-15-10/h2-3,6,10H,4-5,7-8H2,1H3,(H,12,13). The van der Waals surface area contributed by atoms with Gasteiger partial charge in [-0.05, 0) is 18.6 Å². The predicted octanol–water partition coefficient (Wildman–Crippen LogP) is 2.65. The third kappa shape index (κ3) is 3.31. The van der Waals surface area contributed by atoms with Crippen molar-refractivity contribution < 1.29 is 0 Å². The monoisotopic (exact) mass is 240 g/mol. The lowest BCUT2D eigenvalue weighted by molar-refractivity contribution is 1.00. The van der Waals surface area contributed by atoms with Crippen molar-refractivity contribution in [1.82, 2.24) is 4.98 Å². The Bertz CT molecular complexity index is 311. The lowest BCUT2D eigenvalue weighted by Crippen LogP contribution is -2.23. The van der Waals surface area contributed by atoms with Crippen LogP contribution < -0.4 is 5.32 Å². The minimum Gasteiger partial charge on any atom is -0.384 e. The average Bonchev–Trinajstić information content (AvgIpc) is 2.29. The molecule has 82 valence electrons. The topological polar surface area (TPSA) is 24.9 Å². The van der Waals surface area contributed by atoms with E-state index in [9.17, 15) is 0 Å². The quantitative estimate of drug-likeness (QED) is 0.878. The molecule has 2 heterocycles. The van der Waals surface area contributed by atoms with Crippen LogP contribution in [-0.4, -0.2) is 34.0 Å². The molecular weight excluding hydrogens is 224 g/mol. The van der Waals surface area contributed by atoms with Crippen LogP contribution in [0.25, 0.3) is 0 Å². The van der Waals surface area contributed by atoms with Crippen LogP contribution >= 0.6 is 23.5 Å². The Morgan fingerprint density at radius 1 is 1.53 bits per heavy atom. The number of hydrogen-bond donors (Lipinski definition) is 1. The van der Waals surface area contributed by atoms with Gasteiger partial charge in [-0.3, -0.25) is 4.98 Å². The smallest absolute Gasteiger partial charge is 0.0401 e. The van der Waals surface area contributed by atoms with E-state index in [1.165, 1.54) is 28.5 Å². The number of aryl methyl sites for hydroxylation is 1. The van der Waals surface area contributed by atoms with Crippen molar-refractivity contribution in [2.45, 2.75) is 12.2 Å². The maximum absolute atomic E-state index is 4.09. The maximum atomic E-state index is 4.09. The van der Waals surface area contributed by atoms with E-state index < -0.39 is 0 Å². The van der Waals surface area contributed by atoms with Crippen molar-refractivity contribution in [1.29, 1.82) is 0 Å². The van der Waals surface area contributed by atoms with Crippen LogP contribution in [0.2, 0.25) is 0 Å². The molecule has 1 aliphatic heterocycles. The highest BCUT2D eigenvalue weighted by molar-refractivity contribution is 8.06. The predicted molar refractivity (Wildman–Crippen MR) is 71.0 cm³/mol. The highest BCUT2D eigenvalue weighted by atomic mass is 32.2. The molecule has 1 fully saturated rings. The Kier molecular flexibility index (Phi) is 4.20. The zero-order chi connectivity index (χ0) is 10.5. The van der Waals surface area contributed by atoms with Crippen molar-refractivity contribution in [2.24, 2.45) is 0 Å². The molecule has 1 N–H and O–H groups in total. The number of aromatic nitrogens is 1. The van der Waals surface area contributed by atoms with Crippen molar-refractivity contribution in [2.75, 3.05) is 29.1 Å². The molecule has 1 aromatic rings. The molecule has 0 aromatic carbocycles. The van der Waals surface area contributed by atoms with Gasteiger partial charge in [0.1, 0.15) is 0 Å². The van der Waals surface area contributed by atoms with Gasteiger partial charge in [-0.25, -0.2) is 0 Å². The molecule has 1 aromatic heterocycles. The summed E-state index contributed by atoms with van der Waals surface area (Å²) in [4.78, 5) is 4.09. The molecule has 1 aliphatic rings. The number of nitrogens with one attached hydrogen (secondary N) is 1. The molecule has 0 bridgehead atoms. The second-order valence-electron chi connectivity index (χ2n) is 3.64. The van der Waals surface area contributed by atoms with Gasteiger partial charge >= 0.3 is 0 Å². The van der Waals surface area contributed by atoms with Crippen LogP contribution in [-0.2, 0) is 0 Å². The Labute approximate surface area is 99.6 Å². The van der Waals surface area contributed by atoms with Gasteiger partial charge in [-0.15, -0.1) is 0 Å². The summed E-state index contributed by atoms with van der Waals surface area (Å²) in [6.45, 7) is 3.17. The van der Waals surface area contributed by atoms with Gasteiger partial charge < -0.3 is 5.32 Å². The van der Waals surface area contributed by atoms with E-state index in [-0.39, 0.29) is 0 Å². The summed E-state index contributed by atoms with van der Waals surface area (Å²) in [5.41, 5.74) is 2.45. The zero-order valence-electron chi connectivity index (χ0n) is 8.90. The van der Waals surface area contributed by atoms with Crippen LogP contribution in [0.4, 0.5) is 5.69 Å². The highest BCUT2D eigenvalue weighted by Gasteiger charge is 2.13. The lowest BCUT2D eigenvalue weighted by Gasteiger charge is -2.22. The van der Waals surface area contributed by atoms with Gasteiger partial charge in [0.25, 0.3) is 0 Å². The number of pyridine rings is 1. The van der Waals surface area contributed by atoms with Crippen LogP contribution in [0.1, 0.15) is 5.56 Å². The molecular formula is C11H16N2S2. The molecule has 2 rings (SSSR count). The number of anilines is 1. The number of hydrogen-bond acceptors (Lipinski definition) is 4. The van der Waals surface area contributed by atoms with E-state index in [0.29, 0.717) is 0 Å². The van der Waals surface area contributed by atoms with Gasteiger partial charge in [0.15, 0.2) is 0 Å². The third-order valence-corrected chi connectivity index (χ3v) is 5.27. The minimum absolute atomic E-state index is 0.760. The summed E-state index contributed by atoms with van der Waals surface area (Å²) < 4.78 is 0. The summed E-state index contributed by atoms with van der Waals surface area (Å²) in [6, 6.07) is 2.05. The Hall–Kier alpha value is -0.350. The molecule has 1 unspecified atom stereocenters. The van der Waals surface area contributed by atoms with Crippen LogP contribution in [0.3, 0.4) is 0 Å². The van der Waals surface area contributed by atoms with Gasteiger partial charge in [-0.2, -0.15) is 23.5 Å². The van der Waals surface area contributed by atoms with Gasteiger partial charge in [-0.1, -0.05) is 0 Å². The van der Waals surface area contributed by atoms with Crippen molar-refractivity contribution in [3.63, 3.8) is 0 Å². The summed E-state index contributed by atoms with van der Waals surface area (Å²) in [6.07, 6.45) is 3.75. The molecule has 0 spiro atoms. The number of nitrogens with zero attached hydrogens (tertiary/aromatic N) is 1. The van der Waals surface area contributed by atoms with Gasteiger partial charge in [0.05, 0.1) is 0 Å². The molecule has 0 saturated carbocycles. The Morgan fingerprint density at radius 3 is 3.20 bits per heavy atom. The highest BCUT2D eigenvalue weighted by Crippen LogP contribution is 2.24. The lowest BCUT2D eigenvalue weighted by atomic mass is 10.2. The fourth-order valence-corrected chi connectivity index (χ4v) is 4.16. The Morgan fingerprint density at radius 2 is 2.47 bits per heavy atom. The summed E-state index contributed by atoms with van der Waals surface area (Å²) in [5, 5.41) is 4.27. The first kappa shape index (κ1) is 11.1. The zero-order valence-corrected chi connectivity index (χ0v) is 10.5. The van der Waals surface area contributed by atoms with Crippen molar-refractivity contribution in [3.8, 4) is 0 Å². The summed E-state index contributed by atoms with van der Waals surface area (Å²) in [5.74, 6) is 3.89. The fourth-order valence-electron chi connectivity index (χ4n) is 1.55. The normalized spacial score (nSPS) is 21.3. The molecule has 15 heavy (non-hydrogen) atoms. The van der Waals surface area contributed by atoms with E-state index >= 15 is 0 Å². The van der Waals surface area contributed by atoms with Gasteiger partial charge in [0, 0.05) is 47.1 Å². The molecule has 2 nitrogen and oxygen atoms in total. The van der Waals surface area contributed by atoms with E-state index in [1.807, 2.05) is 12.4 Å². The minimum atomic E-state index is 0.760.